The van der Waals surface area contributed by atoms with Gasteiger partial charge < -0.3 is 34.4 Å². The maximum absolute atomic E-state index is 14.5. The van der Waals surface area contributed by atoms with Crippen LogP contribution in [-0.2, 0) is 33.4 Å². The first-order valence-electron chi connectivity index (χ1n) is 15.6. The SMILES string of the molecule is COC[C@H]1NC(=O)CC/C=C\CN(C(C)C)C(=O)[C@@H]2N(CCCCO)C(=O)[C@H]3[C@H](C(=O)O[C@@H]1c1ccccc1)[C@H]1O[C@@]23C=C1Br. The molecule has 5 rings (SSSR count). The minimum Gasteiger partial charge on any atom is -0.455 e. The third-order valence-electron chi connectivity index (χ3n) is 9.08. The molecule has 0 radical (unpaired) electrons. The van der Waals surface area contributed by atoms with Gasteiger partial charge in [0.25, 0.3) is 0 Å². The number of methoxy groups -OCH3 is 1. The number of unbranched alkanes of at least 4 members (excludes halogenated alkanes) is 1. The summed E-state index contributed by atoms with van der Waals surface area (Å²) in [5.74, 6) is -3.57. The molecule has 2 saturated heterocycles. The van der Waals surface area contributed by atoms with Crippen LogP contribution in [0.2, 0.25) is 0 Å². The van der Waals surface area contributed by atoms with Crippen LogP contribution in [-0.4, -0.2) is 102 Å². The number of carbonyl (C=O) groups excluding carboxylic acids is 4. The molecule has 4 aliphatic rings. The molecule has 1 spiro atoms. The third-order valence-corrected chi connectivity index (χ3v) is 9.76. The molecule has 7 atom stereocenters. The van der Waals surface area contributed by atoms with Crippen molar-refractivity contribution < 1.29 is 38.5 Å². The van der Waals surface area contributed by atoms with E-state index < -0.39 is 47.7 Å². The van der Waals surface area contributed by atoms with Crippen LogP contribution in [0.15, 0.2) is 53.0 Å². The van der Waals surface area contributed by atoms with E-state index in [4.69, 9.17) is 14.2 Å². The molecule has 4 aliphatic heterocycles. The molecule has 3 amide bonds. The Kier molecular flexibility index (Phi) is 10.5. The van der Waals surface area contributed by atoms with E-state index in [1.807, 2.05) is 56.3 Å². The van der Waals surface area contributed by atoms with Gasteiger partial charge in [0, 0.05) is 43.8 Å². The highest BCUT2D eigenvalue weighted by atomic mass is 79.9. The molecule has 11 nitrogen and oxygen atoms in total. The van der Waals surface area contributed by atoms with Crippen molar-refractivity contribution in [3.63, 3.8) is 0 Å². The highest BCUT2D eigenvalue weighted by Crippen LogP contribution is 2.59. The van der Waals surface area contributed by atoms with Crippen LogP contribution in [0, 0.1) is 11.8 Å². The van der Waals surface area contributed by atoms with Crippen LogP contribution < -0.4 is 5.32 Å². The van der Waals surface area contributed by atoms with Gasteiger partial charge in [-0.05, 0) is 44.7 Å². The molecule has 0 aliphatic carbocycles. The minimum absolute atomic E-state index is 0.0445. The second-order valence-corrected chi connectivity index (χ2v) is 13.2. The molecule has 12 heteroatoms. The zero-order valence-corrected chi connectivity index (χ0v) is 27.5. The molecule has 0 unspecified atom stereocenters. The van der Waals surface area contributed by atoms with Gasteiger partial charge in [-0.2, -0.15) is 0 Å². The summed E-state index contributed by atoms with van der Waals surface area (Å²) < 4.78 is 18.8. The number of amides is 3. The van der Waals surface area contributed by atoms with Crippen LogP contribution in [0.1, 0.15) is 51.2 Å². The molecule has 5 bridgehead atoms. The van der Waals surface area contributed by atoms with E-state index in [1.54, 1.807) is 11.0 Å². The van der Waals surface area contributed by atoms with Crippen molar-refractivity contribution in [1.29, 1.82) is 0 Å². The zero-order valence-electron chi connectivity index (χ0n) is 25.9. The van der Waals surface area contributed by atoms with Crippen molar-refractivity contribution in [2.24, 2.45) is 11.8 Å². The average Bonchev–Trinajstić information content (AvgIpc) is 3.60. The number of allylic oxidation sites excluding steroid dienone is 1. The first-order valence-corrected chi connectivity index (χ1v) is 16.4. The van der Waals surface area contributed by atoms with Gasteiger partial charge in [0.2, 0.25) is 17.7 Å². The van der Waals surface area contributed by atoms with Crippen LogP contribution in [0.3, 0.4) is 0 Å². The van der Waals surface area contributed by atoms with E-state index in [1.165, 1.54) is 12.0 Å². The number of halogens is 1. The Balaban J connectivity index is 1.61. The monoisotopic (exact) mass is 687 g/mol. The fraction of sp³-hybridized carbons (Fsp3) is 0.576. The number of benzene rings is 1. The standard InChI is InChI=1S/C33H42BrN3O8/c1-20(2)36-15-9-5-8-14-24(39)35-23(19-43-3)27(21-12-6-4-7-13-21)44-32(42)25-26-30(40)37(16-10-11-17-38)29(31(36)41)33(26)18-22(34)28(25)45-33/h4-7,9,12-13,18,20,23,25-29,38H,8,10-11,14-17,19H2,1-3H3,(H,35,39)/b9-5-/t23-,25+,26-,27-,28+,29+,33-/m1/s1. The fourth-order valence-electron chi connectivity index (χ4n) is 7.02. The summed E-state index contributed by atoms with van der Waals surface area (Å²) in [6.07, 6.45) is 5.33. The van der Waals surface area contributed by atoms with Crippen LogP contribution in [0.4, 0.5) is 0 Å². The number of nitrogens with one attached hydrogen (secondary N) is 1. The number of ether oxygens (including phenoxy) is 3. The Labute approximate surface area is 272 Å². The number of cyclic esters (lactones) is 1. The lowest BCUT2D eigenvalue weighted by atomic mass is 9.74. The first kappa shape index (κ1) is 33.3. The quantitative estimate of drug-likeness (QED) is 0.242. The van der Waals surface area contributed by atoms with Crippen LogP contribution in [0.25, 0.3) is 0 Å². The van der Waals surface area contributed by atoms with Crippen molar-refractivity contribution in [2.75, 3.05) is 33.4 Å². The van der Waals surface area contributed by atoms with Crippen LogP contribution >= 0.6 is 15.9 Å². The Hall–Kier alpha value is -3.06. The van der Waals surface area contributed by atoms with Crippen molar-refractivity contribution >= 4 is 39.6 Å². The summed E-state index contributed by atoms with van der Waals surface area (Å²) in [4.78, 5) is 59.4. The van der Waals surface area contributed by atoms with E-state index in [9.17, 15) is 24.3 Å². The van der Waals surface area contributed by atoms with E-state index >= 15 is 0 Å². The summed E-state index contributed by atoms with van der Waals surface area (Å²) >= 11 is 3.58. The minimum atomic E-state index is -1.38. The van der Waals surface area contributed by atoms with Gasteiger partial charge in [-0.15, -0.1) is 0 Å². The fourth-order valence-corrected chi connectivity index (χ4v) is 7.76. The van der Waals surface area contributed by atoms with Gasteiger partial charge in [0.05, 0.1) is 18.6 Å². The summed E-state index contributed by atoms with van der Waals surface area (Å²) in [6.45, 7) is 4.34. The number of aliphatic hydroxyl groups is 1. The van der Waals surface area contributed by atoms with Gasteiger partial charge in [0.15, 0.2) is 0 Å². The normalized spacial score (nSPS) is 32.9. The van der Waals surface area contributed by atoms with E-state index in [2.05, 4.69) is 21.2 Å². The number of fused-ring (bicyclic) bond motifs is 2. The topological polar surface area (TPSA) is 135 Å². The second kappa shape index (κ2) is 14.1. The Morgan fingerprint density at radius 1 is 1.09 bits per heavy atom. The molecular formula is C33H42BrN3O8. The molecule has 1 aromatic carbocycles. The van der Waals surface area contributed by atoms with Crippen molar-refractivity contribution in [3.8, 4) is 0 Å². The Morgan fingerprint density at radius 3 is 2.53 bits per heavy atom. The van der Waals surface area contributed by atoms with Gasteiger partial charge in [0.1, 0.15) is 29.8 Å². The Morgan fingerprint density at radius 2 is 1.84 bits per heavy atom. The maximum Gasteiger partial charge on any atom is 0.313 e. The molecule has 2 fully saturated rings. The number of carbonyl (C=O) groups is 4. The van der Waals surface area contributed by atoms with Gasteiger partial charge in [-0.1, -0.05) is 58.4 Å². The first-order chi connectivity index (χ1) is 21.6. The molecule has 1 aromatic rings. The number of nitrogens with zero attached hydrogens (tertiary/aromatic N) is 2. The van der Waals surface area contributed by atoms with Crippen LogP contribution in [0.5, 0.6) is 0 Å². The molecule has 4 heterocycles. The number of likely N-dealkylation sites (tertiary alicyclic amines) is 1. The summed E-state index contributed by atoms with van der Waals surface area (Å²) in [7, 11) is 1.51. The van der Waals surface area contributed by atoms with Crippen molar-refractivity contribution in [1.82, 2.24) is 15.1 Å². The lowest BCUT2D eigenvalue weighted by Gasteiger charge is -2.37. The van der Waals surface area contributed by atoms with E-state index in [-0.39, 0.29) is 56.5 Å². The number of rotatable bonds is 8. The number of hydrogen-bond donors (Lipinski definition) is 2. The lowest BCUT2D eigenvalue weighted by Crippen LogP contribution is -2.57. The average molecular weight is 689 g/mol. The number of esters is 1. The predicted molar refractivity (Wildman–Crippen MR) is 168 cm³/mol. The zero-order chi connectivity index (χ0) is 32.3. The molecule has 0 saturated carbocycles. The maximum atomic E-state index is 14.5. The van der Waals surface area contributed by atoms with Gasteiger partial charge >= 0.3 is 5.97 Å². The summed E-state index contributed by atoms with van der Waals surface area (Å²) in [6, 6.07) is 7.18. The molecule has 45 heavy (non-hydrogen) atoms. The molecular weight excluding hydrogens is 646 g/mol. The smallest absolute Gasteiger partial charge is 0.313 e. The van der Waals surface area contributed by atoms with Gasteiger partial charge in [-0.25, -0.2) is 0 Å². The summed E-state index contributed by atoms with van der Waals surface area (Å²) in [5.41, 5.74) is -0.725. The lowest BCUT2D eigenvalue weighted by molar-refractivity contribution is -0.162. The van der Waals surface area contributed by atoms with Gasteiger partial charge in [-0.3, -0.25) is 19.2 Å². The van der Waals surface area contributed by atoms with Crippen molar-refractivity contribution in [2.45, 2.75) is 75.5 Å². The Bertz CT molecular complexity index is 1340. The van der Waals surface area contributed by atoms with Crippen molar-refractivity contribution in [3.05, 3.63) is 58.6 Å². The molecule has 244 valence electrons. The summed E-state index contributed by atoms with van der Waals surface area (Å²) in [5, 5.41) is 12.4. The van der Waals surface area contributed by atoms with E-state index in [0.29, 0.717) is 29.3 Å². The third kappa shape index (κ3) is 6.34. The second-order valence-electron chi connectivity index (χ2n) is 12.3. The largest absolute Gasteiger partial charge is 0.455 e. The number of hydrogen-bond acceptors (Lipinski definition) is 8. The highest BCUT2D eigenvalue weighted by molar-refractivity contribution is 9.11. The highest BCUT2D eigenvalue weighted by Gasteiger charge is 2.75. The van der Waals surface area contributed by atoms with E-state index in [0.717, 1.165) is 0 Å². The molecule has 2 N–H and O–H groups in total. The molecule has 0 aromatic heterocycles. The number of aliphatic hydroxyl groups excluding tert-OH is 1. The predicted octanol–water partition coefficient (Wildman–Crippen LogP) is 2.63.